The highest BCUT2D eigenvalue weighted by molar-refractivity contribution is 5.77. The molecule has 2 heteroatoms. The normalized spacial score (nSPS) is 13.8. The minimum atomic E-state index is 0.795. The maximum absolute atomic E-state index is 5.90. The van der Waals surface area contributed by atoms with Gasteiger partial charge in [0.1, 0.15) is 5.75 Å². The zero-order valence-corrected chi connectivity index (χ0v) is 10.6. The Balaban J connectivity index is 2.19. The van der Waals surface area contributed by atoms with Gasteiger partial charge in [0.05, 0.1) is 6.61 Å². The Morgan fingerprint density at radius 3 is 2.89 bits per heavy atom. The molecule has 0 saturated heterocycles. The predicted molar refractivity (Wildman–Crippen MR) is 74.8 cm³/mol. The van der Waals surface area contributed by atoms with E-state index in [0.29, 0.717) is 0 Å². The number of nitrogen functional groups attached to an aromatic ring is 1. The molecule has 0 fully saturated rings. The fraction of sp³-hybridized carbons (Fsp3) is 0.250. The standard InChI is InChI=1S/C16H17NO/c1-11-7-8-13(17)10-15(11)14-6-2-4-12-5-3-9-18-16(12)14/h2,4,6-8,10H,3,5,9,17H2,1H3. The summed E-state index contributed by atoms with van der Waals surface area (Å²) in [4.78, 5) is 0. The van der Waals surface area contributed by atoms with E-state index in [4.69, 9.17) is 10.5 Å². The van der Waals surface area contributed by atoms with Crippen LogP contribution in [0.3, 0.4) is 0 Å². The molecule has 2 aromatic rings. The number of ether oxygens (including phenoxy) is 1. The molecule has 2 nitrogen and oxygen atoms in total. The summed E-state index contributed by atoms with van der Waals surface area (Å²) in [6.07, 6.45) is 2.21. The van der Waals surface area contributed by atoms with Gasteiger partial charge in [-0.05, 0) is 48.6 Å². The van der Waals surface area contributed by atoms with E-state index in [-0.39, 0.29) is 0 Å². The van der Waals surface area contributed by atoms with E-state index in [1.165, 1.54) is 16.7 Å². The minimum Gasteiger partial charge on any atom is -0.493 e. The minimum absolute atomic E-state index is 0.795. The van der Waals surface area contributed by atoms with Crippen molar-refractivity contribution in [3.63, 3.8) is 0 Å². The van der Waals surface area contributed by atoms with Crippen LogP contribution in [-0.4, -0.2) is 6.61 Å². The summed E-state index contributed by atoms with van der Waals surface area (Å²) in [6.45, 7) is 2.92. The molecule has 0 unspecified atom stereocenters. The molecule has 0 aromatic heterocycles. The van der Waals surface area contributed by atoms with Crippen molar-refractivity contribution < 1.29 is 4.74 Å². The Hall–Kier alpha value is -1.96. The lowest BCUT2D eigenvalue weighted by Crippen LogP contribution is -2.09. The monoisotopic (exact) mass is 239 g/mol. The van der Waals surface area contributed by atoms with E-state index >= 15 is 0 Å². The lowest BCUT2D eigenvalue weighted by atomic mass is 9.94. The third-order valence-corrected chi connectivity index (χ3v) is 3.49. The molecule has 2 aromatic carbocycles. The Labute approximate surface area is 107 Å². The second kappa shape index (κ2) is 4.37. The maximum atomic E-state index is 5.90. The Morgan fingerprint density at radius 1 is 1.11 bits per heavy atom. The van der Waals surface area contributed by atoms with Crippen molar-refractivity contribution in [3.8, 4) is 16.9 Å². The first-order valence-electron chi connectivity index (χ1n) is 6.37. The molecule has 0 radical (unpaired) electrons. The van der Waals surface area contributed by atoms with Gasteiger partial charge in [0, 0.05) is 11.3 Å². The van der Waals surface area contributed by atoms with Crippen molar-refractivity contribution in [3.05, 3.63) is 47.5 Å². The van der Waals surface area contributed by atoms with Gasteiger partial charge in [-0.2, -0.15) is 0 Å². The van der Waals surface area contributed by atoms with Crippen molar-refractivity contribution in [1.82, 2.24) is 0 Å². The van der Waals surface area contributed by atoms with Crippen molar-refractivity contribution in [2.45, 2.75) is 19.8 Å². The molecule has 92 valence electrons. The number of nitrogens with two attached hydrogens (primary N) is 1. The second-order valence-electron chi connectivity index (χ2n) is 4.82. The molecule has 0 atom stereocenters. The molecular weight excluding hydrogens is 222 g/mol. The summed E-state index contributed by atoms with van der Waals surface area (Å²) in [5.74, 6) is 1.04. The van der Waals surface area contributed by atoms with Gasteiger partial charge in [0.2, 0.25) is 0 Å². The average Bonchev–Trinajstić information content (AvgIpc) is 2.41. The Bertz CT molecular complexity index is 590. The van der Waals surface area contributed by atoms with E-state index in [1.807, 2.05) is 12.1 Å². The van der Waals surface area contributed by atoms with Crippen LogP contribution >= 0.6 is 0 Å². The number of para-hydroxylation sites is 1. The van der Waals surface area contributed by atoms with Crippen LogP contribution in [0, 0.1) is 6.92 Å². The van der Waals surface area contributed by atoms with Crippen molar-refractivity contribution in [1.29, 1.82) is 0 Å². The average molecular weight is 239 g/mol. The topological polar surface area (TPSA) is 35.2 Å². The van der Waals surface area contributed by atoms with Crippen LogP contribution in [-0.2, 0) is 6.42 Å². The van der Waals surface area contributed by atoms with Crippen LogP contribution in [0.1, 0.15) is 17.5 Å². The molecule has 0 bridgehead atoms. The molecule has 0 saturated carbocycles. The molecule has 1 aliphatic rings. The van der Waals surface area contributed by atoms with Crippen molar-refractivity contribution in [2.75, 3.05) is 12.3 Å². The molecule has 0 aliphatic carbocycles. The summed E-state index contributed by atoms with van der Waals surface area (Å²) in [6, 6.07) is 12.4. The third kappa shape index (κ3) is 1.84. The number of hydrogen-bond donors (Lipinski definition) is 1. The fourth-order valence-corrected chi connectivity index (χ4v) is 2.53. The number of fused-ring (bicyclic) bond motifs is 1. The van der Waals surface area contributed by atoms with Crippen LogP contribution in [0.15, 0.2) is 36.4 Å². The lowest BCUT2D eigenvalue weighted by molar-refractivity contribution is 0.289. The highest BCUT2D eigenvalue weighted by atomic mass is 16.5. The molecule has 1 heterocycles. The lowest BCUT2D eigenvalue weighted by Gasteiger charge is -2.21. The van der Waals surface area contributed by atoms with Crippen LogP contribution in [0.4, 0.5) is 5.69 Å². The third-order valence-electron chi connectivity index (χ3n) is 3.49. The number of rotatable bonds is 1. The Morgan fingerprint density at radius 2 is 2.00 bits per heavy atom. The number of anilines is 1. The number of aryl methyl sites for hydroxylation is 2. The zero-order valence-electron chi connectivity index (χ0n) is 10.6. The molecule has 0 amide bonds. The molecular formula is C16H17NO. The van der Waals surface area contributed by atoms with Gasteiger partial charge in [-0.1, -0.05) is 24.3 Å². The summed E-state index contributed by atoms with van der Waals surface area (Å²) in [5.41, 5.74) is 11.6. The number of benzene rings is 2. The summed E-state index contributed by atoms with van der Waals surface area (Å²) in [7, 11) is 0. The smallest absolute Gasteiger partial charge is 0.130 e. The van der Waals surface area contributed by atoms with E-state index in [2.05, 4.69) is 31.2 Å². The largest absolute Gasteiger partial charge is 0.493 e. The van der Waals surface area contributed by atoms with Gasteiger partial charge in [-0.15, -0.1) is 0 Å². The fourth-order valence-electron chi connectivity index (χ4n) is 2.53. The van der Waals surface area contributed by atoms with Crippen LogP contribution in [0.5, 0.6) is 5.75 Å². The summed E-state index contributed by atoms with van der Waals surface area (Å²) >= 11 is 0. The summed E-state index contributed by atoms with van der Waals surface area (Å²) < 4.78 is 5.86. The van der Waals surface area contributed by atoms with Gasteiger partial charge in [0.25, 0.3) is 0 Å². The molecule has 0 spiro atoms. The van der Waals surface area contributed by atoms with E-state index in [0.717, 1.165) is 36.4 Å². The highest BCUT2D eigenvalue weighted by Crippen LogP contribution is 2.38. The SMILES string of the molecule is Cc1ccc(N)cc1-c1cccc2c1OCCC2. The maximum Gasteiger partial charge on any atom is 0.130 e. The first-order chi connectivity index (χ1) is 8.75. The number of hydrogen-bond acceptors (Lipinski definition) is 2. The van der Waals surface area contributed by atoms with Crippen LogP contribution in [0.2, 0.25) is 0 Å². The molecule has 2 N–H and O–H groups in total. The van der Waals surface area contributed by atoms with Gasteiger partial charge in [0.15, 0.2) is 0 Å². The van der Waals surface area contributed by atoms with Crippen molar-refractivity contribution >= 4 is 5.69 Å². The molecule has 1 aliphatic heterocycles. The highest BCUT2D eigenvalue weighted by Gasteiger charge is 2.16. The van der Waals surface area contributed by atoms with Crippen LogP contribution in [0.25, 0.3) is 11.1 Å². The van der Waals surface area contributed by atoms with Gasteiger partial charge in [-0.3, -0.25) is 0 Å². The van der Waals surface area contributed by atoms with E-state index in [9.17, 15) is 0 Å². The van der Waals surface area contributed by atoms with Gasteiger partial charge in [-0.25, -0.2) is 0 Å². The van der Waals surface area contributed by atoms with Gasteiger partial charge < -0.3 is 10.5 Å². The first-order valence-corrected chi connectivity index (χ1v) is 6.37. The van der Waals surface area contributed by atoms with E-state index < -0.39 is 0 Å². The second-order valence-corrected chi connectivity index (χ2v) is 4.82. The van der Waals surface area contributed by atoms with E-state index in [1.54, 1.807) is 0 Å². The molecule has 18 heavy (non-hydrogen) atoms. The first kappa shape index (κ1) is 11.1. The zero-order chi connectivity index (χ0) is 12.5. The van der Waals surface area contributed by atoms with Gasteiger partial charge >= 0.3 is 0 Å². The quantitative estimate of drug-likeness (QED) is 0.772. The summed E-state index contributed by atoms with van der Waals surface area (Å²) in [5, 5.41) is 0. The Kier molecular flexibility index (Phi) is 2.71. The predicted octanol–water partition coefficient (Wildman–Crippen LogP) is 3.57. The van der Waals surface area contributed by atoms with Crippen molar-refractivity contribution in [2.24, 2.45) is 0 Å². The van der Waals surface area contributed by atoms with Crippen LogP contribution < -0.4 is 10.5 Å². The molecule has 3 rings (SSSR count).